The van der Waals surface area contributed by atoms with Gasteiger partial charge >= 0.3 is 0 Å². The van der Waals surface area contributed by atoms with Crippen LogP contribution < -0.4 is 10.9 Å². The number of aryl methyl sites for hydroxylation is 1. The van der Waals surface area contributed by atoms with Gasteiger partial charge in [0.05, 0.1) is 31.6 Å². The highest BCUT2D eigenvalue weighted by atomic mass is 19.1. The van der Waals surface area contributed by atoms with Crippen LogP contribution in [0.3, 0.4) is 0 Å². The van der Waals surface area contributed by atoms with Gasteiger partial charge in [-0.05, 0) is 48.2 Å². The average Bonchev–Trinajstić information content (AvgIpc) is 3.38. The van der Waals surface area contributed by atoms with Gasteiger partial charge in [-0.2, -0.15) is 0 Å². The molecule has 0 radical (unpaired) electrons. The van der Waals surface area contributed by atoms with E-state index >= 15 is 0 Å². The van der Waals surface area contributed by atoms with Crippen molar-refractivity contribution in [2.45, 2.75) is 31.3 Å². The molecule has 0 atom stereocenters. The van der Waals surface area contributed by atoms with Crippen molar-refractivity contribution >= 4 is 16.8 Å². The first-order valence-electron chi connectivity index (χ1n) is 13.2. The third-order valence-electron chi connectivity index (χ3n) is 7.50. The molecule has 6 rings (SSSR count). The highest BCUT2D eigenvalue weighted by Gasteiger charge is 2.40. The summed E-state index contributed by atoms with van der Waals surface area (Å²) in [6.07, 6.45) is 6.15. The van der Waals surface area contributed by atoms with Crippen LogP contribution in [-0.2, 0) is 34.5 Å². The number of H-pyrrole nitrogens is 1. The molecule has 9 heteroatoms. The van der Waals surface area contributed by atoms with Crippen LogP contribution in [-0.4, -0.2) is 38.6 Å². The lowest BCUT2D eigenvalue weighted by Gasteiger charge is -2.42. The number of aromatic amines is 1. The van der Waals surface area contributed by atoms with Gasteiger partial charge in [-0.1, -0.05) is 42.5 Å². The van der Waals surface area contributed by atoms with Crippen molar-refractivity contribution in [1.29, 1.82) is 0 Å². The lowest BCUT2D eigenvalue weighted by atomic mass is 9.75. The molecule has 3 aromatic heterocycles. The quantitative estimate of drug-likeness (QED) is 0.294. The number of benzene rings is 2. The van der Waals surface area contributed by atoms with Crippen molar-refractivity contribution in [1.82, 2.24) is 24.8 Å². The number of hydrogen-bond donors (Lipinski definition) is 2. The SMILES string of the molecule is O=C(Cn1c(-c2ccccc2)cnc(CCC2(c3ccc(F)cc3)COC2)c1=O)NCc1cc2cnccc2[nH]1. The lowest BCUT2D eigenvalue weighted by Crippen LogP contribution is -2.47. The maximum atomic E-state index is 13.7. The van der Waals surface area contributed by atoms with Crippen LogP contribution in [0.15, 0.2) is 90.1 Å². The molecule has 0 unspecified atom stereocenters. The maximum Gasteiger partial charge on any atom is 0.273 e. The van der Waals surface area contributed by atoms with Gasteiger partial charge in [0, 0.05) is 34.4 Å². The monoisotopic (exact) mass is 537 g/mol. The molecular formula is C31H28FN5O3. The fraction of sp³-hybridized carbons (Fsp3) is 0.226. The molecule has 2 aromatic carbocycles. The van der Waals surface area contributed by atoms with Crippen molar-refractivity contribution in [3.8, 4) is 11.3 Å². The average molecular weight is 538 g/mol. The Kier molecular flexibility index (Phi) is 6.96. The second-order valence-corrected chi connectivity index (χ2v) is 10.2. The third kappa shape index (κ3) is 5.15. The number of fused-ring (bicyclic) bond motifs is 1. The predicted molar refractivity (Wildman–Crippen MR) is 149 cm³/mol. The molecule has 4 heterocycles. The van der Waals surface area contributed by atoms with E-state index in [9.17, 15) is 14.0 Å². The number of amides is 1. The number of hydrogen-bond acceptors (Lipinski definition) is 5. The summed E-state index contributed by atoms with van der Waals surface area (Å²) >= 11 is 0. The van der Waals surface area contributed by atoms with E-state index in [-0.39, 0.29) is 29.2 Å². The van der Waals surface area contributed by atoms with Crippen LogP contribution in [0.5, 0.6) is 0 Å². The Morgan fingerprint density at radius 2 is 1.88 bits per heavy atom. The molecule has 0 saturated carbocycles. The third-order valence-corrected chi connectivity index (χ3v) is 7.50. The number of nitrogens with one attached hydrogen (secondary N) is 2. The minimum absolute atomic E-state index is 0.146. The Hall–Kier alpha value is -4.63. The van der Waals surface area contributed by atoms with Crippen LogP contribution in [0, 0.1) is 5.82 Å². The molecule has 1 amide bonds. The van der Waals surface area contributed by atoms with Gasteiger partial charge in [-0.25, -0.2) is 4.39 Å². The Morgan fingerprint density at radius 3 is 2.60 bits per heavy atom. The fourth-order valence-corrected chi connectivity index (χ4v) is 5.18. The minimum atomic E-state index is -0.303. The maximum absolute atomic E-state index is 13.7. The standard InChI is InChI=1S/C31H28FN5O3/c32-24-8-6-23(7-9-24)31(19-40-20-31)12-10-27-30(39)37(28(17-34-27)21-4-2-1-3-5-21)18-29(38)35-16-25-14-22-15-33-13-11-26(22)36-25/h1-9,11,13-15,17,36H,10,12,16,18-20H2,(H,35,38). The first-order chi connectivity index (χ1) is 19.5. The summed E-state index contributed by atoms with van der Waals surface area (Å²) in [6, 6.07) is 19.7. The molecule has 1 fully saturated rings. The topological polar surface area (TPSA) is 102 Å². The number of carbonyl (C=O) groups is 1. The van der Waals surface area contributed by atoms with Gasteiger partial charge in [0.1, 0.15) is 18.1 Å². The van der Waals surface area contributed by atoms with Gasteiger partial charge in [0.25, 0.3) is 5.56 Å². The van der Waals surface area contributed by atoms with Gasteiger partial charge in [-0.3, -0.25) is 24.1 Å². The van der Waals surface area contributed by atoms with Gasteiger partial charge in [-0.15, -0.1) is 0 Å². The first kappa shape index (κ1) is 25.6. The largest absolute Gasteiger partial charge is 0.379 e. The molecule has 1 saturated heterocycles. The van der Waals surface area contributed by atoms with E-state index < -0.39 is 0 Å². The molecule has 1 aliphatic rings. The number of rotatable bonds is 9. The van der Waals surface area contributed by atoms with E-state index in [0.717, 1.165) is 27.7 Å². The molecule has 202 valence electrons. The Labute approximate surface area is 229 Å². The van der Waals surface area contributed by atoms with Crippen molar-refractivity contribution in [2.75, 3.05) is 13.2 Å². The number of nitrogens with zero attached hydrogens (tertiary/aromatic N) is 3. The van der Waals surface area contributed by atoms with Gasteiger partial charge in [0.2, 0.25) is 5.91 Å². The summed E-state index contributed by atoms with van der Waals surface area (Å²) in [6.45, 7) is 1.15. The highest BCUT2D eigenvalue weighted by molar-refractivity contribution is 5.80. The smallest absolute Gasteiger partial charge is 0.273 e. The van der Waals surface area contributed by atoms with Crippen molar-refractivity contribution in [2.24, 2.45) is 0 Å². The summed E-state index contributed by atoms with van der Waals surface area (Å²) in [5.41, 5.74) is 3.91. The molecule has 40 heavy (non-hydrogen) atoms. The van der Waals surface area contributed by atoms with Crippen molar-refractivity contribution in [3.05, 3.63) is 118 Å². The summed E-state index contributed by atoms with van der Waals surface area (Å²) in [5, 5.41) is 3.88. The first-order valence-corrected chi connectivity index (χ1v) is 13.2. The number of halogens is 1. The molecule has 5 aromatic rings. The Balaban J connectivity index is 1.23. The second kappa shape index (κ2) is 10.9. The predicted octanol–water partition coefficient (Wildman–Crippen LogP) is 4.14. The Morgan fingerprint density at radius 1 is 1.07 bits per heavy atom. The minimum Gasteiger partial charge on any atom is -0.379 e. The van der Waals surface area contributed by atoms with E-state index in [0.29, 0.717) is 44.0 Å². The van der Waals surface area contributed by atoms with E-state index in [4.69, 9.17) is 4.74 Å². The van der Waals surface area contributed by atoms with Crippen LogP contribution in [0.1, 0.15) is 23.4 Å². The number of ether oxygens (including phenoxy) is 1. The zero-order valence-electron chi connectivity index (χ0n) is 21.8. The van der Waals surface area contributed by atoms with E-state index in [1.165, 1.54) is 16.7 Å². The molecule has 0 aliphatic carbocycles. The van der Waals surface area contributed by atoms with Crippen LogP contribution >= 0.6 is 0 Å². The number of pyridine rings is 1. The van der Waals surface area contributed by atoms with E-state index in [2.05, 4.69) is 20.3 Å². The number of carbonyl (C=O) groups excluding carboxylic acids is 1. The molecule has 0 bridgehead atoms. The van der Waals surface area contributed by atoms with Gasteiger partial charge in [0.15, 0.2) is 0 Å². The normalized spacial score (nSPS) is 14.1. The summed E-state index contributed by atoms with van der Waals surface area (Å²) in [4.78, 5) is 38.7. The van der Waals surface area contributed by atoms with Gasteiger partial charge < -0.3 is 15.0 Å². The summed E-state index contributed by atoms with van der Waals surface area (Å²) in [5.74, 6) is -0.580. The van der Waals surface area contributed by atoms with Crippen molar-refractivity contribution < 1.29 is 13.9 Å². The Bertz CT molecular complexity index is 1680. The fourth-order valence-electron chi connectivity index (χ4n) is 5.18. The van der Waals surface area contributed by atoms with E-state index in [1.54, 1.807) is 30.7 Å². The second-order valence-electron chi connectivity index (χ2n) is 10.2. The lowest BCUT2D eigenvalue weighted by molar-refractivity contribution is -0.121. The number of aromatic nitrogens is 4. The molecule has 1 aliphatic heterocycles. The highest BCUT2D eigenvalue weighted by Crippen LogP contribution is 2.36. The summed E-state index contributed by atoms with van der Waals surface area (Å²) < 4.78 is 20.5. The zero-order chi connectivity index (χ0) is 27.5. The van der Waals surface area contributed by atoms with Crippen LogP contribution in [0.2, 0.25) is 0 Å². The van der Waals surface area contributed by atoms with Crippen LogP contribution in [0.25, 0.3) is 22.2 Å². The molecule has 0 spiro atoms. The summed E-state index contributed by atoms with van der Waals surface area (Å²) in [7, 11) is 0. The zero-order valence-corrected chi connectivity index (χ0v) is 21.8. The molecular weight excluding hydrogens is 509 g/mol. The molecule has 8 nitrogen and oxygen atoms in total. The van der Waals surface area contributed by atoms with Crippen LogP contribution in [0.4, 0.5) is 4.39 Å². The molecule has 2 N–H and O–H groups in total. The van der Waals surface area contributed by atoms with Crippen molar-refractivity contribution in [3.63, 3.8) is 0 Å². The van der Waals surface area contributed by atoms with E-state index in [1.807, 2.05) is 42.5 Å².